The van der Waals surface area contributed by atoms with Gasteiger partial charge in [0.2, 0.25) is 0 Å². The third-order valence-corrected chi connectivity index (χ3v) is 2.31. The number of fused-ring (bicyclic) bond motifs is 1. The number of benzene rings is 1. The molecule has 4 heteroatoms. The first-order valence-corrected chi connectivity index (χ1v) is 4.49. The van der Waals surface area contributed by atoms with Crippen molar-refractivity contribution >= 4 is 5.69 Å². The van der Waals surface area contributed by atoms with Crippen LogP contribution >= 0.6 is 0 Å². The summed E-state index contributed by atoms with van der Waals surface area (Å²) in [5.41, 5.74) is 0.470. The molecular weight excluding hydrogens is 185 g/mol. The number of halogens is 1. The average Bonchev–Trinajstić information content (AvgIpc) is 2.17. The molecule has 0 aliphatic carbocycles. The molecule has 3 nitrogen and oxygen atoms in total. The number of ether oxygens (including phenoxy) is 1. The predicted molar refractivity (Wildman–Crippen MR) is 51.2 cm³/mol. The van der Waals surface area contributed by atoms with Crippen molar-refractivity contribution in [2.75, 3.05) is 25.1 Å². The molecule has 14 heavy (non-hydrogen) atoms. The molecule has 0 spiro atoms. The smallest absolute Gasteiger partial charge is 0.150 e. The maximum Gasteiger partial charge on any atom is 0.150 e. The largest absolute Gasteiger partial charge is 0.484 e. The van der Waals surface area contributed by atoms with Crippen LogP contribution < -0.4 is 9.64 Å². The van der Waals surface area contributed by atoms with Gasteiger partial charge in [-0.25, -0.2) is 4.39 Å². The fourth-order valence-electron chi connectivity index (χ4n) is 1.67. The number of rotatable bonds is 1. The normalized spacial score (nSPS) is 20.2. The lowest BCUT2D eigenvalue weighted by atomic mass is 10.2. The van der Waals surface area contributed by atoms with Gasteiger partial charge in [-0.15, -0.1) is 0 Å². The summed E-state index contributed by atoms with van der Waals surface area (Å²) in [5.74, 6) is 0.208. The van der Waals surface area contributed by atoms with Crippen LogP contribution in [0.3, 0.4) is 0 Å². The van der Waals surface area contributed by atoms with E-state index >= 15 is 0 Å². The standard InChI is InChI=1S/C10H12FNO2/c1-12-5-7(6-13)14-9-4-2-3-8(11)10(9)12/h2-4,7,13H,5-6H2,1H3/t7-/m0/s1. The molecule has 1 aromatic rings. The fraction of sp³-hybridized carbons (Fsp3) is 0.400. The van der Waals surface area contributed by atoms with Gasteiger partial charge in [0.05, 0.1) is 13.2 Å². The number of aliphatic hydroxyl groups excluding tert-OH is 1. The van der Waals surface area contributed by atoms with E-state index < -0.39 is 0 Å². The van der Waals surface area contributed by atoms with E-state index in [2.05, 4.69) is 0 Å². The van der Waals surface area contributed by atoms with Crippen molar-refractivity contribution in [3.8, 4) is 5.75 Å². The minimum atomic E-state index is -0.290. The summed E-state index contributed by atoms with van der Waals surface area (Å²) in [5, 5.41) is 8.96. The molecule has 1 atom stereocenters. The zero-order valence-corrected chi connectivity index (χ0v) is 7.90. The highest BCUT2D eigenvalue weighted by Gasteiger charge is 2.25. The van der Waals surface area contributed by atoms with E-state index in [-0.39, 0.29) is 18.5 Å². The second kappa shape index (κ2) is 3.46. The molecule has 1 aliphatic rings. The van der Waals surface area contributed by atoms with Gasteiger partial charge in [0.15, 0.2) is 0 Å². The second-order valence-electron chi connectivity index (χ2n) is 3.39. The van der Waals surface area contributed by atoms with Crippen molar-refractivity contribution in [3.63, 3.8) is 0 Å². The molecule has 0 fully saturated rings. The number of aliphatic hydroxyl groups is 1. The summed E-state index contributed by atoms with van der Waals surface area (Å²) in [4.78, 5) is 1.76. The van der Waals surface area contributed by atoms with Gasteiger partial charge in [0.1, 0.15) is 23.4 Å². The van der Waals surface area contributed by atoms with Crippen molar-refractivity contribution in [2.45, 2.75) is 6.10 Å². The SMILES string of the molecule is CN1C[C@@H](CO)Oc2cccc(F)c21. The van der Waals surface area contributed by atoms with Crippen LogP contribution in [0.5, 0.6) is 5.75 Å². The van der Waals surface area contributed by atoms with E-state index in [1.807, 2.05) is 0 Å². The number of hydrogen-bond donors (Lipinski definition) is 1. The summed E-state index contributed by atoms with van der Waals surface area (Å²) >= 11 is 0. The van der Waals surface area contributed by atoms with Crippen LogP contribution in [0.15, 0.2) is 18.2 Å². The zero-order chi connectivity index (χ0) is 10.1. The topological polar surface area (TPSA) is 32.7 Å². The van der Waals surface area contributed by atoms with Crippen LogP contribution in [0.1, 0.15) is 0 Å². The molecular formula is C10H12FNO2. The molecule has 2 rings (SSSR count). The summed E-state index contributed by atoms with van der Waals surface area (Å²) in [6.45, 7) is 0.449. The lowest BCUT2D eigenvalue weighted by Crippen LogP contribution is -2.40. The Morgan fingerprint density at radius 2 is 2.43 bits per heavy atom. The molecule has 0 saturated carbocycles. The van der Waals surface area contributed by atoms with E-state index in [4.69, 9.17) is 9.84 Å². The molecule has 0 amide bonds. The highest BCUT2D eigenvalue weighted by molar-refractivity contribution is 5.60. The maximum atomic E-state index is 13.4. The summed E-state index contributed by atoms with van der Waals surface area (Å²) < 4.78 is 18.8. The van der Waals surface area contributed by atoms with Gasteiger partial charge in [-0.05, 0) is 12.1 Å². The third kappa shape index (κ3) is 1.42. The molecule has 1 aromatic carbocycles. The Labute approximate surface area is 81.7 Å². The first-order valence-electron chi connectivity index (χ1n) is 4.49. The Kier molecular flexibility index (Phi) is 2.29. The average molecular weight is 197 g/mol. The molecule has 1 heterocycles. The first kappa shape index (κ1) is 9.27. The number of para-hydroxylation sites is 1. The zero-order valence-electron chi connectivity index (χ0n) is 7.90. The quantitative estimate of drug-likeness (QED) is 0.729. The summed E-state index contributed by atoms with van der Waals surface area (Å²) in [6.07, 6.45) is -0.269. The molecule has 0 radical (unpaired) electrons. The van der Waals surface area contributed by atoms with Crippen LogP contribution in [-0.2, 0) is 0 Å². The Morgan fingerprint density at radius 3 is 3.14 bits per heavy atom. The number of nitrogens with zero attached hydrogens (tertiary/aromatic N) is 1. The highest BCUT2D eigenvalue weighted by Crippen LogP contribution is 2.34. The number of anilines is 1. The maximum absolute atomic E-state index is 13.4. The molecule has 76 valence electrons. The first-order chi connectivity index (χ1) is 6.72. The van der Waals surface area contributed by atoms with Crippen LogP contribution in [0.2, 0.25) is 0 Å². The van der Waals surface area contributed by atoms with E-state index in [9.17, 15) is 4.39 Å². The van der Waals surface area contributed by atoms with Gasteiger partial charge in [0.25, 0.3) is 0 Å². The van der Waals surface area contributed by atoms with Gasteiger partial charge >= 0.3 is 0 Å². The van der Waals surface area contributed by atoms with E-state index in [0.29, 0.717) is 18.0 Å². The Bertz CT molecular complexity index is 343. The minimum Gasteiger partial charge on any atom is -0.484 e. The van der Waals surface area contributed by atoms with E-state index in [0.717, 1.165) is 0 Å². The van der Waals surface area contributed by atoms with Gasteiger partial charge in [-0.3, -0.25) is 0 Å². The van der Waals surface area contributed by atoms with E-state index in [1.54, 1.807) is 24.1 Å². The minimum absolute atomic E-state index is 0.0553. The number of hydrogen-bond acceptors (Lipinski definition) is 3. The lowest BCUT2D eigenvalue weighted by molar-refractivity contribution is 0.113. The summed E-state index contributed by atoms with van der Waals surface area (Å²) in [7, 11) is 1.78. The van der Waals surface area contributed by atoms with Gasteiger partial charge < -0.3 is 14.7 Å². The Morgan fingerprint density at radius 1 is 1.64 bits per heavy atom. The third-order valence-electron chi connectivity index (χ3n) is 2.31. The molecule has 1 N–H and O–H groups in total. The molecule has 0 unspecified atom stereocenters. The van der Waals surface area contributed by atoms with Crippen molar-refractivity contribution in [1.29, 1.82) is 0 Å². The van der Waals surface area contributed by atoms with Crippen LogP contribution in [0, 0.1) is 5.82 Å². The lowest BCUT2D eigenvalue weighted by Gasteiger charge is -2.33. The molecule has 0 saturated heterocycles. The van der Waals surface area contributed by atoms with Crippen molar-refractivity contribution in [1.82, 2.24) is 0 Å². The highest BCUT2D eigenvalue weighted by atomic mass is 19.1. The van der Waals surface area contributed by atoms with Crippen LogP contribution in [0.25, 0.3) is 0 Å². The van der Waals surface area contributed by atoms with Gasteiger partial charge in [0, 0.05) is 7.05 Å². The summed E-state index contributed by atoms with van der Waals surface area (Å²) in [6, 6.07) is 4.70. The Hall–Kier alpha value is -1.29. The van der Waals surface area contributed by atoms with Gasteiger partial charge in [-0.2, -0.15) is 0 Å². The predicted octanol–water partition coefficient (Wildman–Crippen LogP) is 1.02. The monoisotopic (exact) mass is 197 g/mol. The van der Waals surface area contributed by atoms with Crippen molar-refractivity contribution in [3.05, 3.63) is 24.0 Å². The van der Waals surface area contributed by atoms with Crippen molar-refractivity contribution in [2.24, 2.45) is 0 Å². The number of likely N-dealkylation sites (N-methyl/N-ethyl adjacent to an activating group) is 1. The molecule has 0 bridgehead atoms. The van der Waals surface area contributed by atoms with Crippen LogP contribution in [0.4, 0.5) is 10.1 Å². The van der Waals surface area contributed by atoms with Gasteiger partial charge in [-0.1, -0.05) is 6.07 Å². The molecule has 0 aromatic heterocycles. The fourth-order valence-corrected chi connectivity index (χ4v) is 1.67. The Balaban J connectivity index is 2.39. The van der Waals surface area contributed by atoms with E-state index in [1.165, 1.54) is 6.07 Å². The van der Waals surface area contributed by atoms with Crippen molar-refractivity contribution < 1.29 is 14.2 Å². The van der Waals surface area contributed by atoms with Crippen LogP contribution in [-0.4, -0.2) is 31.4 Å². The molecule has 1 aliphatic heterocycles. The second-order valence-corrected chi connectivity index (χ2v) is 3.39.